The molecule has 0 aromatic rings. The molecule has 0 aromatic heterocycles. The maximum Gasteiger partial charge on any atom is 0.303 e. The minimum absolute atomic E-state index is 0.0741. The number of aliphatic carboxylic acids is 1. The van der Waals surface area contributed by atoms with Crippen LogP contribution in [0.4, 0.5) is 0 Å². The van der Waals surface area contributed by atoms with Gasteiger partial charge in [-0.25, -0.2) is 0 Å². The zero-order chi connectivity index (χ0) is 10.1. The molecule has 1 saturated carbocycles. The predicted octanol–water partition coefficient (Wildman–Crippen LogP) is 0.604. The molecule has 1 aliphatic carbocycles. The lowest BCUT2D eigenvalue weighted by molar-refractivity contribution is -0.147. The zero-order valence-electron chi connectivity index (χ0n) is 8.12. The number of carbonyl (C=O) groups is 1. The molecule has 1 unspecified atom stereocenters. The Balaban J connectivity index is 2.54. The minimum atomic E-state index is -0.771. The van der Waals surface area contributed by atoms with E-state index in [4.69, 9.17) is 15.6 Å². The number of methoxy groups -OCH3 is 1. The molecule has 0 spiro atoms. The van der Waals surface area contributed by atoms with Gasteiger partial charge in [0.2, 0.25) is 0 Å². The van der Waals surface area contributed by atoms with E-state index in [1.807, 2.05) is 6.92 Å². The molecule has 0 radical (unpaired) electrons. The van der Waals surface area contributed by atoms with Crippen molar-refractivity contribution in [2.45, 2.75) is 38.3 Å². The molecule has 0 aromatic carbocycles. The maximum absolute atomic E-state index is 10.6. The lowest BCUT2D eigenvalue weighted by Gasteiger charge is -2.48. The first kappa shape index (κ1) is 10.5. The van der Waals surface area contributed by atoms with Crippen molar-refractivity contribution in [3.8, 4) is 0 Å². The minimum Gasteiger partial charge on any atom is -0.481 e. The van der Waals surface area contributed by atoms with Crippen molar-refractivity contribution in [2.75, 3.05) is 7.11 Å². The third kappa shape index (κ3) is 2.00. The second-order valence-electron chi connectivity index (χ2n) is 3.99. The van der Waals surface area contributed by atoms with Gasteiger partial charge in [0.25, 0.3) is 0 Å². The summed E-state index contributed by atoms with van der Waals surface area (Å²) >= 11 is 0. The summed E-state index contributed by atoms with van der Waals surface area (Å²) < 4.78 is 5.12. The molecule has 0 amide bonds. The number of carboxylic acid groups (broad SMARTS) is 1. The molecule has 0 heterocycles. The van der Waals surface area contributed by atoms with Crippen molar-refractivity contribution in [3.63, 3.8) is 0 Å². The van der Waals surface area contributed by atoms with Crippen LogP contribution in [0.15, 0.2) is 0 Å². The number of rotatable bonds is 4. The molecular weight excluding hydrogens is 170 g/mol. The van der Waals surface area contributed by atoms with Crippen LogP contribution < -0.4 is 5.73 Å². The summed E-state index contributed by atoms with van der Waals surface area (Å²) in [5, 5.41) is 8.73. The number of carboxylic acids is 1. The predicted molar refractivity (Wildman–Crippen MR) is 48.4 cm³/mol. The van der Waals surface area contributed by atoms with E-state index in [1.54, 1.807) is 7.11 Å². The normalized spacial score (nSPS) is 35.2. The van der Waals surface area contributed by atoms with Crippen LogP contribution in [0.5, 0.6) is 0 Å². The summed E-state index contributed by atoms with van der Waals surface area (Å²) in [5.74, 6) is -0.771. The van der Waals surface area contributed by atoms with E-state index >= 15 is 0 Å². The molecule has 3 N–H and O–H groups in total. The summed E-state index contributed by atoms with van der Waals surface area (Å²) in [4.78, 5) is 10.6. The Morgan fingerprint density at radius 2 is 2.31 bits per heavy atom. The van der Waals surface area contributed by atoms with Crippen LogP contribution >= 0.6 is 0 Å². The Morgan fingerprint density at radius 3 is 2.62 bits per heavy atom. The fourth-order valence-corrected chi connectivity index (χ4v) is 1.99. The standard InChI is InChI=1S/C9H17NO3/c1-6(10)9(5-8(11)12)3-7(4-9)13-2/h6-7H,3-5,10H2,1-2H3,(H,11,12). The van der Waals surface area contributed by atoms with Crippen LogP contribution in [-0.4, -0.2) is 30.3 Å². The van der Waals surface area contributed by atoms with Crippen LogP contribution in [0.1, 0.15) is 26.2 Å². The van der Waals surface area contributed by atoms with Crippen molar-refractivity contribution >= 4 is 5.97 Å². The molecule has 4 heteroatoms. The van der Waals surface area contributed by atoms with Crippen LogP contribution in [0.3, 0.4) is 0 Å². The molecule has 1 fully saturated rings. The highest BCUT2D eigenvalue weighted by molar-refractivity contribution is 5.68. The molecule has 1 atom stereocenters. The molecule has 0 saturated heterocycles. The van der Waals surface area contributed by atoms with Gasteiger partial charge in [-0.1, -0.05) is 0 Å². The highest BCUT2D eigenvalue weighted by Gasteiger charge is 2.48. The van der Waals surface area contributed by atoms with Gasteiger partial charge in [-0.2, -0.15) is 0 Å². The van der Waals surface area contributed by atoms with E-state index < -0.39 is 5.97 Å². The fourth-order valence-electron chi connectivity index (χ4n) is 1.99. The van der Waals surface area contributed by atoms with Gasteiger partial charge >= 0.3 is 5.97 Å². The van der Waals surface area contributed by atoms with Gasteiger partial charge in [-0.15, -0.1) is 0 Å². The van der Waals surface area contributed by atoms with Gasteiger partial charge in [0, 0.05) is 18.6 Å². The van der Waals surface area contributed by atoms with Gasteiger partial charge in [0.05, 0.1) is 12.5 Å². The van der Waals surface area contributed by atoms with Crippen LogP contribution in [0.25, 0.3) is 0 Å². The third-order valence-electron chi connectivity index (χ3n) is 3.07. The number of ether oxygens (including phenoxy) is 1. The monoisotopic (exact) mass is 187 g/mol. The van der Waals surface area contributed by atoms with Gasteiger partial charge in [0.15, 0.2) is 0 Å². The van der Waals surface area contributed by atoms with Crippen molar-refractivity contribution in [1.29, 1.82) is 0 Å². The Bertz CT molecular complexity index is 197. The lowest BCUT2D eigenvalue weighted by atomic mass is 9.61. The Morgan fingerprint density at radius 1 is 1.77 bits per heavy atom. The van der Waals surface area contributed by atoms with E-state index in [0.717, 1.165) is 12.8 Å². The SMILES string of the molecule is COC1CC(CC(=O)O)(C(C)N)C1. The van der Waals surface area contributed by atoms with Gasteiger partial charge in [0.1, 0.15) is 0 Å². The molecule has 13 heavy (non-hydrogen) atoms. The largest absolute Gasteiger partial charge is 0.481 e. The van der Waals surface area contributed by atoms with Crippen molar-refractivity contribution in [1.82, 2.24) is 0 Å². The van der Waals surface area contributed by atoms with Gasteiger partial charge in [-0.3, -0.25) is 4.79 Å². The summed E-state index contributed by atoms with van der Waals surface area (Å²) in [6.45, 7) is 1.87. The highest BCUT2D eigenvalue weighted by Crippen LogP contribution is 2.47. The van der Waals surface area contributed by atoms with Gasteiger partial charge in [-0.05, 0) is 19.8 Å². The zero-order valence-corrected chi connectivity index (χ0v) is 8.12. The van der Waals surface area contributed by atoms with Crippen molar-refractivity contribution in [3.05, 3.63) is 0 Å². The summed E-state index contributed by atoms with van der Waals surface area (Å²) in [5.41, 5.74) is 5.55. The average molecular weight is 187 g/mol. The molecule has 4 nitrogen and oxygen atoms in total. The second-order valence-corrected chi connectivity index (χ2v) is 3.99. The molecule has 0 bridgehead atoms. The van der Waals surface area contributed by atoms with E-state index in [9.17, 15) is 4.79 Å². The lowest BCUT2D eigenvalue weighted by Crippen LogP contribution is -2.53. The van der Waals surface area contributed by atoms with Crippen molar-refractivity contribution in [2.24, 2.45) is 11.1 Å². The first-order valence-corrected chi connectivity index (χ1v) is 4.50. The number of nitrogens with two attached hydrogens (primary N) is 1. The third-order valence-corrected chi connectivity index (χ3v) is 3.07. The molecule has 76 valence electrons. The molecular formula is C9H17NO3. The van der Waals surface area contributed by atoms with Gasteiger partial charge < -0.3 is 15.6 Å². The van der Waals surface area contributed by atoms with E-state index in [2.05, 4.69) is 0 Å². The Hall–Kier alpha value is -0.610. The molecule has 0 aliphatic heterocycles. The highest BCUT2D eigenvalue weighted by atomic mass is 16.5. The van der Waals surface area contributed by atoms with Crippen LogP contribution in [0, 0.1) is 5.41 Å². The first-order valence-electron chi connectivity index (χ1n) is 4.50. The van der Waals surface area contributed by atoms with Crippen LogP contribution in [-0.2, 0) is 9.53 Å². The van der Waals surface area contributed by atoms with E-state index in [1.165, 1.54) is 0 Å². The summed E-state index contributed by atoms with van der Waals surface area (Å²) in [6.07, 6.45) is 1.90. The molecule has 1 aliphatic rings. The Labute approximate surface area is 78.1 Å². The number of hydrogen-bond acceptors (Lipinski definition) is 3. The van der Waals surface area contributed by atoms with E-state index in [0.29, 0.717) is 0 Å². The average Bonchev–Trinajstić information content (AvgIpc) is 1.94. The first-order chi connectivity index (χ1) is 6.00. The van der Waals surface area contributed by atoms with E-state index in [-0.39, 0.29) is 24.0 Å². The summed E-state index contributed by atoms with van der Waals surface area (Å²) in [7, 11) is 1.65. The Kier molecular flexibility index (Phi) is 2.93. The number of hydrogen-bond donors (Lipinski definition) is 2. The topological polar surface area (TPSA) is 72.5 Å². The van der Waals surface area contributed by atoms with Crippen molar-refractivity contribution < 1.29 is 14.6 Å². The molecule has 1 rings (SSSR count). The fraction of sp³-hybridized carbons (Fsp3) is 0.889. The second kappa shape index (κ2) is 3.64. The summed E-state index contributed by atoms with van der Waals surface area (Å²) in [6, 6.07) is -0.0741. The maximum atomic E-state index is 10.6. The quantitative estimate of drug-likeness (QED) is 0.676. The van der Waals surface area contributed by atoms with Crippen LogP contribution in [0.2, 0.25) is 0 Å². The smallest absolute Gasteiger partial charge is 0.303 e.